The second-order valence-corrected chi connectivity index (χ2v) is 8.63. The number of hydrogen-bond donors (Lipinski definition) is 1. The van der Waals surface area contributed by atoms with Crippen LogP contribution >= 0.6 is 0 Å². The van der Waals surface area contributed by atoms with E-state index < -0.39 is 0 Å². The third-order valence-corrected chi connectivity index (χ3v) is 5.95. The highest BCUT2D eigenvalue weighted by atomic mass is 15.3. The largest absolute Gasteiger partial charge is 0.310 e. The van der Waals surface area contributed by atoms with Gasteiger partial charge in [-0.2, -0.15) is 0 Å². The lowest BCUT2D eigenvalue weighted by atomic mass is 9.53. The Hall–Kier alpha value is -0.860. The fourth-order valence-corrected chi connectivity index (χ4v) is 4.13. The molecule has 1 aliphatic carbocycles. The molecule has 2 heteroatoms. The zero-order chi connectivity index (χ0) is 15.8. The fourth-order valence-electron chi connectivity index (χ4n) is 4.13. The Morgan fingerprint density at radius 3 is 2.45 bits per heavy atom. The van der Waals surface area contributed by atoms with Gasteiger partial charge in [-0.3, -0.25) is 4.90 Å². The number of likely N-dealkylation sites (tertiary alicyclic amines) is 1. The molecule has 0 amide bonds. The van der Waals surface area contributed by atoms with Gasteiger partial charge >= 0.3 is 0 Å². The Morgan fingerprint density at radius 1 is 1.23 bits per heavy atom. The molecule has 3 rings (SSSR count). The molecular formula is C20H32N2. The average Bonchev–Trinajstić information content (AvgIpc) is 2.39. The van der Waals surface area contributed by atoms with Crippen molar-refractivity contribution < 1.29 is 0 Å². The van der Waals surface area contributed by atoms with Crippen LogP contribution in [0.15, 0.2) is 30.3 Å². The number of rotatable bonds is 5. The lowest BCUT2D eigenvalue weighted by molar-refractivity contribution is -0.150. The average molecular weight is 300 g/mol. The second kappa shape index (κ2) is 5.98. The monoisotopic (exact) mass is 300 g/mol. The summed E-state index contributed by atoms with van der Waals surface area (Å²) >= 11 is 0. The summed E-state index contributed by atoms with van der Waals surface area (Å²) in [5.74, 6) is 0.935. The first-order valence-electron chi connectivity index (χ1n) is 8.91. The van der Waals surface area contributed by atoms with E-state index in [4.69, 9.17) is 0 Å². The lowest BCUT2D eigenvalue weighted by Crippen LogP contribution is -2.68. The van der Waals surface area contributed by atoms with Crippen LogP contribution in [0.3, 0.4) is 0 Å². The number of nitrogens with zero attached hydrogens (tertiary/aromatic N) is 1. The highest BCUT2D eigenvalue weighted by Crippen LogP contribution is 2.56. The molecule has 1 aromatic rings. The maximum Gasteiger partial charge on any atom is 0.0207 e. The van der Waals surface area contributed by atoms with Crippen molar-refractivity contribution in [3.05, 3.63) is 35.9 Å². The molecule has 2 nitrogen and oxygen atoms in total. The van der Waals surface area contributed by atoms with Gasteiger partial charge in [0.15, 0.2) is 0 Å². The van der Waals surface area contributed by atoms with E-state index in [2.05, 4.69) is 68.2 Å². The van der Waals surface area contributed by atoms with Crippen molar-refractivity contribution >= 4 is 0 Å². The van der Waals surface area contributed by atoms with Crippen molar-refractivity contribution in [2.75, 3.05) is 13.1 Å². The van der Waals surface area contributed by atoms with Gasteiger partial charge in [0.1, 0.15) is 0 Å². The van der Waals surface area contributed by atoms with Gasteiger partial charge in [0.25, 0.3) is 0 Å². The van der Waals surface area contributed by atoms with Crippen LogP contribution in [0.4, 0.5) is 0 Å². The van der Waals surface area contributed by atoms with Gasteiger partial charge in [0, 0.05) is 31.2 Å². The van der Waals surface area contributed by atoms with E-state index >= 15 is 0 Å². The molecular weight excluding hydrogens is 268 g/mol. The minimum absolute atomic E-state index is 0.350. The van der Waals surface area contributed by atoms with Gasteiger partial charge < -0.3 is 5.32 Å². The van der Waals surface area contributed by atoms with Crippen LogP contribution in [-0.4, -0.2) is 29.6 Å². The van der Waals surface area contributed by atoms with Crippen LogP contribution in [0, 0.1) is 11.3 Å². The van der Waals surface area contributed by atoms with Gasteiger partial charge in [-0.05, 0) is 63.9 Å². The third kappa shape index (κ3) is 3.23. The SMILES string of the molecule is CC(CC1CCC12CN(C(C)(C)C)C2)NCc1ccccc1. The molecule has 122 valence electrons. The van der Waals surface area contributed by atoms with E-state index in [-0.39, 0.29) is 0 Å². The quantitative estimate of drug-likeness (QED) is 0.882. The van der Waals surface area contributed by atoms with Gasteiger partial charge in [-0.15, -0.1) is 0 Å². The Balaban J connectivity index is 1.44. The standard InChI is InChI=1S/C20H32N2/c1-16(21-13-17-8-6-5-7-9-17)12-18-10-11-20(18)14-22(15-20)19(2,3)4/h5-9,16,18,21H,10-15H2,1-4H3. The van der Waals surface area contributed by atoms with Crippen molar-refractivity contribution in [1.82, 2.24) is 10.2 Å². The van der Waals surface area contributed by atoms with Crippen molar-refractivity contribution in [2.45, 2.75) is 65.1 Å². The summed E-state index contributed by atoms with van der Waals surface area (Å²) in [6.45, 7) is 13.0. The summed E-state index contributed by atoms with van der Waals surface area (Å²) in [5, 5.41) is 3.71. The van der Waals surface area contributed by atoms with E-state index in [9.17, 15) is 0 Å². The van der Waals surface area contributed by atoms with Crippen LogP contribution in [0.2, 0.25) is 0 Å². The zero-order valence-corrected chi connectivity index (χ0v) is 14.7. The molecule has 2 atom stereocenters. The smallest absolute Gasteiger partial charge is 0.0207 e. The summed E-state index contributed by atoms with van der Waals surface area (Å²) in [6, 6.07) is 11.4. The molecule has 0 aromatic heterocycles. The molecule has 2 unspecified atom stereocenters. The maximum atomic E-state index is 3.71. The molecule has 1 N–H and O–H groups in total. The van der Waals surface area contributed by atoms with Crippen LogP contribution in [-0.2, 0) is 6.54 Å². The highest BCUT2D eigenvalue weighted by molar-refractivity contribution is 5.14. The van der Waals surface area contributed by atoms with E-state index in [1.54, 1.807) is 0 Å². The normalized spacial score (nSPS) is 25.5. The molecule has 22 heavy (non-hydrogen) atoms. The molecule has 2 aliphatic rings. The van der Waals surface area contributed by atoms with Gasteiger partial charge in [-0.25, -0.2) is 0 Å². The summed E-state index contributed by atoms with van der Waals surface area (Å²) in [5.41, 5.74) is 2.40. The molecule has 1 aliphatic heterocycles. The maximum absolute atomic E-state index is 3.71. The minimum atomic E-state index is 0.350. The molecule has 1 saturated heterocycles. The van der Waals surface area contributed by atoms with E-state index in [0.717, 1.165) is 12.5 Å². The summed E-state index contributed by atoms with van der Waals surface area (Å²) in [6.07, 6.45) is 4.23. The lowest BCUT2D eigenvalue weighted by Gasteiger charge is -2.64. The molecule has 1 spiro atoms. The Kier molecular flexibility index (Phi) is 4.35. The molecule has 1 heterocycles. The first-order valence-corrected chi connectivity index (χ1v) is 8.91. The van der Waals surface area contributed by atoms with Crippen LogP contribution < -0.4 is 5.32 Å². The number of hydrogen-bond acceptors (Lipinski definition) is 2. The summed E-state index contributed by atoms with van der Waals surface area (Å²) in [4.78, 5) is 2.65. The van der Waals surface area contributed by atoms with Crippen molar-refractivity contribution in [1.29, 1.82) is 0 Å². The molecule has 1 aromatic carbocycles. The molecule has 1 saturated carbocycles. The van der Waals surface area contributed by atoms with Crippen molar-refractivity contribution in [2.24, 2.45) is 11.3 Å². The second-order valence-electron chi connectivity index (χ2n) is 8.63. The van der Waals surface area contributed by atoms with Crippen LogP contribution in [0.1, 0.15) is 52.5 Å². The number of benzene rings is 1. The molecule has 0 radical (unpaired) electrons. The first kappa shape index (κ1) is 16.0. The predicted octanol–water partition coefficient (Wildman–Crippen LogP) is 4.07. The van der Waals surface area contributed by atoms with Crippen LogP contribution in [0.5, 0.6) is 0 Å². The molecule has 0 bridgehead atoms. The van der Waals surface area contributed by atoms with Crippen LogP contribution in [0.25, 0.3) is 0 Å². The molecule has 2 fully saturated rings. The minimum Gasteiger partial charge on any atom is -0.310 e. The van der Waals surface area contributed by atoms with E-state index in [0.29, 0.717) is 17.0 Å². The Morgan fingerprint density at radius 2 is 1.91 bits per heavy atom. The first-order chi connectivity index (χ1) is 10.4. The highest BCUT2D eigenvalue weighted by Gasteiger charge is 2.56. The summed E-state index contributed by atoms with van der Waals surface area (Å²) < 4.78 is 0. The van der Waals surface area contributed by atoms with Crippen molar-refractivity contribution in [3.8, 4) is 0 Å². The number of nitrogens with one attached hydrogen (secondary N) is 1. The Bertz CT molecular complexity index is 482. The Labute approximate surface area is 136 Å². The summed E-state index contributed by atoms with van der Waals surface area (Å²) in [7, 11) is 0. The van der Waals surface area contributed by atoms with E-state index in [1.165, 1.54) is 37.9 Å². The zero-order valence-electron chi connectivity index (χ0n) is 14.7. The predicted molar refractivity (Wildman–Crippen MR) is 93.8 cm³/mol. The van der Waals surface area contributed by atoms with Gasteiger partial charge in [0.2, 0.25) is 0 Å². The fraction of sp³-hybridized carbons (Fsp3) is 0.700. The van der Waals surface area contributed by atoms with E-state index in [1.807, 2.05) is 0 Å². The van der Waals surface area contributed by atoms with Gasteiger partial charge in [-0.1, -0.05) is 30.3 Å². The van der Waals surface area contributed by atoms with Crippen molar-refractivity contribution in [3.63, 3.8) is 0 Å². The topological polar surface area (TPSA) is 15.3 Å². The third-order valence-electron chi connectivity index (χ3n) is 5.95. The van der Waals surface area contributed by atoms with Gasteiger partial charge in [0.05, 0.1) is 0 Å².